The molecule has 2 aliphatic rings. The molecule has 1 aromatic rings. The van der Waals surface area contributed by atoms with E-state index in [0.29, 0.717) is 0 Å². The molecule has 2 fully saturated rings. The SMILES string of the molecule is Cc1ccccc1CN1CC(C)(C)NCC1C1CC1. The van der Waals surface area contributed by atoms with E-state index in [1.165, 1.54) is 24.0 Å². The molecule has 1 atom stereocenters. The molecule has 0 amide bonds. The van der Waals surface area contributed by atoms with E-state index in [9.17, 15) is 0 Å². The highest BCUT2D eigenvalue weighted by Crippen LogP contribution is 2.37. The van der Waals surface area contributed by atoms with Crippen molar-refractivity contribution in [2.45, 2.75) is 51.7 Å². The number of hydrogen-bond acceptors (Lipinski definition) is 2. The van der Waals surface area contributed by atoms with Crippen LogP contribution < -0.4 is 5.32 Å². The van der Waals surface area contributed by atoms with Crippen LogP contribution in [-0.4, -0.2) is 29.6 Å². The minimum atomic E-state index is 0.244. The van der Waals surface area contributed by atoms with Gasteiger partial charge >= 0.3 is 0 Å². The molecule has 2 heteroatoms. The zero-order valence-electron chi connectivity index (χ0n) is 12.4. The molecule has 1 unspecified atom stereocenters. The van der Waals surface area contributed by atoms with Gasteiger partial charge in [0.1, 0.15) is 0 Å². The van der Waals surface area contributed by atoms with Crippen molar-refractivity contribution >= 4 is 0 Å². The lowest BCUT2D eigenvalue weighted by Gasteiger charge is -2.45. The molecule has 3 rings (SSSR count). The molecule has 0 aromatic heterocycles. The van der Waals surface area contributed by atoms with Crippen molar-refractivity contribution in [1.29, 1.82) is 0 Å². The molecular formula is C17H26N2. The lowest BCUT2D eigenvalue weighted by atomic mass is 9.95. The number of benzene rings is 1. The third-order valence-corrected chi connectivity index (χ3v) is 4.66. The van der Waals surface area contributed by atoms with E-state index in [-0.39, 0.29) is 5.54 Å². The van der Waals surface area contributed by atoms with Gasteiger partial charge in [-0.25, -0.2) is 0 Å². The van der Waals surface area contributed by atoms with Gasteiger partial charge < -0.3 is 5.32 Å². The second-order valence-corrected chi connectivity index (χ2v) is 7.00. The van der Waals surface area contributed by atoms with Gasteiger partial charge in [0.15, 0.2) is 0 Å². The lowest BCUT2D eigenvalue weighted by Crippen LogP contribution is -2.61. The number of hydrogen-bond donors (Lipinski definition) is 1. The summed E-state index contributed by atoms with van der Waals surface area (Å²) in [5.74, 6) is 0.938. The quantitative estimate of drug-likeness (QED) is 0.896. The summed E-state index contributed by atoms with van der Waals surface area (Å²) in [6, 6.07) is 9.57. The molecule has 2 nitrogen and oxygen atoms in total. The molecule has 19 heavy (non-hydrogen) atoms. The lowest BCUT2D eigenvalue weighted by molar-refractivity contribution is 0.0758. The minimum absolute atomic E-state index is 0.244. The monoisotopic (exact) mass is 258 g/mol. The van der Waals surface area contributed by atoms with Crippen LogP contribution in [0.4, 0.5) is 0 Å². The van der Waals surface area contributed by atoms with Crippen LogP contribution in [0.1, 0.15) is 37.8 Å². The Bertz CT molecular complexity index is 448. The summed E-state index contributed by atoms with van der Waals surface area (Å²) >= 11 is 0. The number of rotatable bonds is 3. The second-order valence-electron chi connectivity index (χ2n) is 7.00. The van der Waals surface area contributed by atoms with Crippen molar-refractivity contribution in [3.05, 3.63) is 35.4 Å². The molecule has 0 radical (unpaired) electrons. The maximum Gasteiger partial charge on any atom is 0.0253 e. The van der Waals surface area contributed by atoms with Gasteiger partial charge in [-0.15, -0.1) is 0 Å². The molecule has 1 saturated carbocycles. The molecule has 0 spiro atoms. The van der Waals surface area contributed by atoms with E-state index in [4.69, 9.17) is 0 Å². The number of aryl methyl sites for hydroxylation is 1. The summed E-state index contributed by atoms with van der Waals surface area (Å²) in [6.07, 6.45) is 2.86. The van der Waals surface area contributed by atoms with E-state index >= 15 is 0 Å². The molecular weight excluding hydrogens is 232 g/mol. The zero-order valence-corrected chi connectivity index (χ0v) is 12.4. The van der Waals surface area contributed by atoms with Gasteiger partial charge in [-0.1, -0.05) is 24.3 Å². The first kappa shape index (κ1) is 13.1. The fourth-order valence-corrected chi connectivity index (χ4v) is 3.32. The van der Waals surface area contributed by atoms with Crippen molar-refractivity contribution in [3.8, 4) is 0 Å². The first-order valence-corrected chi connectivity index (χ1v) is 7.59. The van der Waals surface area contributed by atoms with Crippen LogP contribution in [0.3, 0.4) is 0 Å². The Morgan fingerprint density at radius 3 is 2.68 bits per heavy atom. The first-order chi connectivity index (χ1) is 9.05. The summed E-state index contributed by atoms with van der Waals surface area (Å²) in [5.41, 5.74) is 3.16. The normalized spacial score (nSPS) is 27.4. The zero-order chi connectivity index (χ0) is 13.5. The highest BCUT2D eigenvalue weighted by Gasteiger charge is 2.40. The maximum atomic E-state index is 3.72. The average Bonchev–Trinajstić information content (AvgIpc) is 3.15. The van der Waals surface area contributed by atoms with Crippen molar-refractivity contribution in [2.75, 3.05) is 13.1 Å². The molecule has 104 valence electrons. The minimum Gasteiger partial charge on any atom is -0.309 e. The van der Waals surface area contributed by atoms with Gasteiger partial charge in [0, 0.05) is 31.2 Å². The van der Waals surface area contributed by atoms with Gasteiger partial charge in [-0.3, -0.25) is 4.90 Å². The molecule has 1 aromatic carbocycles. The molecule has 1 saturated heterocycles. The van der Waals surface area contributed by atoms with Gasteiger partial charge in [0.2, 0.25) is 0 Å². The predicted octanol–water partition coefficient (Wildman–Crippen LogP) is 2.96. The van der Waals surface area contributed by atoms with E-state index in [1.807, 2.05) is 0 Å². The predicted molar refractivity (Wildman–Crippen MR) is 80.2 cm³/mol. The van der Waals surface area contributed by atoms with Crippen LogP contribution >= 0.6 is 0 Å². The van der Waals surface area contributed by atoms with E-state index in [1.54, 1.807) is 0 Å². The van der Waals surface area contributed by atoms with E-state index < -0.39 is 0 Å². The molecule has 0 bridgehead atoms. The summed E-state index contributed by atoms with van der Waals surface area (Å²) in [4.78, 5) is 2.72. The average molecular weight is 258 g/mol. The largest absolute Gasteiger partial charge is 0.309 e. The van der Waals surface area contributed by atoms with Crippen molar-refractivity contribution < 1.29 is 0 Å². The van der Waals surface area contributed by atoms with Crippen LogP contribution in [0.5, 0.6) is 0 Å². The highest BCUT2D eigenvalue weighted by atomic mass is 15.3. The third-order valence-electron chi connectivity index (χ3n) is 4.66. The molecule has 1 N–H and O–H groups in total. The fraction of sp³-hybridized carbons (Fsp3) is 0.647. The fourth-order valence-electron chi connectivity index (χ4n) is 3.32. The van der Waals surface area contributed by atoms with Gasteiger partial charge in [-0.05, 0) is 50.7 Å². The summed E-state index contributed by atoms with van der Waals surface area (Å²) in [6.45, 7) is 10.3. The Kier molecular flexibility index (Phi) is 3.40. The second kappa shape index (κ2) is 4.92. The van der Waals surface area contributed by atoms with Crippen molar-refractivity contribution in [1.82, 2.24) is 10.2 Å². The maximum absolute atomic E-state index is 3.72. The third kappa shape index (κ3) is 3.01. The number of piperazine rings is 1. The first-order valence-electron chi connectivity index (χ1n) is 7.59. The number of nitrogens with one attached hydrogen (secondary N) is 1. The summed E-state index contributed by atoms with van der Waals surface area (Å²) in [7, 11) is 0. The summed E-state index contributed by atoms with van der Waals surface area (Å²) < 4.78 is 0. The Hall–Kier alpha value is -0.860. The van der Waals surface area contributed by atoms with Crippen LogP contribution in [-0.2, 0) is 6.54 Å². The molecule has 1 aliphatic heterocycles. The van der Waals surface area contributed by atoms with Crippen LogP contribution in [0.15, 0.2) is 24.3 Å². The van der Waals surface area contributed by atoms with Gasteiger partial charge in [-0.2, -0.15) is 0 Å². The highest BCUT2D eigenvalue weighted by molar-refractivity contribution is 5.25. The Morgan fingerprint density at radius 1 is 1.26 bits per heavy atom. The number of nitrogens with zero attached hydrogens (tertiary/aromatic N) is 1. The van der Waals surface area contributed by atoms with Crippen molar-refractivity contribution in [2.24, 2.45) is 5.92 Å². The van der Waals surface area contributed by atoms with Crippen LogP contribution in [0.2, 0.25) is 0 Å². The summed E-state index contributed by atoms with van der Waals surface area (Å²) in [5, 5.41) is 3.72. The Morgan fingerprint density at radius 2 is 2.00 bits per heavy atom. The Balaban J connectivity index is 1.77. The van der Waals surface area contributed by atoms with Crippen LogP contribution in [0.25, 0.3) is 0 Å². The van der Waals surface area contributed by atoms with Crippen molar-refractivity contribution in [3.63, 3.8) is 0 Å². The van der Waals surface area contributed by atoms with E-state index in [2.05, 4.69) is 55.3 Å². The molecule has 1 heterocycles. The van der Waals surface area contributed by atoms with Gasteiger partial charge in [0.25, 0.3) is 0 Å². The van der Waals surface area contributed by atoms with E-state index in [0.717, 1.165) is 31.6 Å². The van der Waals surface area contributed by atoms with Crippen LogP contribution in [0, 0.1) is 12.8 Å². The standard InChI is InChI=1S/C17H26N2/c1-13-6-4-5-7-15(13)11-19-12-17(2,3)18-10-16(19)14-8-9-14/h4-7,14,16,18H,8-12H2,1-3H3. The smallest absolute Gasteiger partial charge is 0.0253 e. The van der Waals surface area contributed by atoms with Gasteiger partial charge in [0.05, 0.1) is 0 Å². The topological polar surface area (TPSA) is 15.3 Å². The molecule has 1 aliphatic carbocycles. The Labute approximate surface area is 117 Å².